The van der Waals surface area contributed by atoms with Crippen LogP contribution in [0.5, 0.6) is 0 Å². The SMILES string of the molecule is O=C(O)Cl.O=C(O)Cl.O=C(c1ccccc1)c1ccccc1. The molecule has 0 radical (unpaired) electrons. The van der Waals surface area contributed by atoms with Gasteiger partial charge in [-0.25, -0.2) is 9.59 Å². The average Bonchev–Trinajstić information content (AvgIpc) is 2.47. The van der Waals surface area contributed by atoms with E-state index in [0.29, 0.717) is 0 Å². The molecule has 0 aromatic heterocycles. The van der Waals surface area contributed by atoms with Gasteiger partial charge < -0.3 is 10.2 Å². The summed E-state index contributed by atoms with van der Waals surface area (Å²) in [5, 5.41) is 14.4. The van der Waals surface area contributed by atoms with Crippen molar-refractivity contribution >= 4 is 39.8 Å². The molecule has 0 amide bonds. The molecule has 2 aromatic carbocycles. The third-order valence-corrected chi connectivity index (χ3v) is 2.07. The van der Waals surface area contributed by atoms with Gasteiger partial charge in [0, 0.05) is 34.3 Å². The van der Waals surface area contributed by atoms with E-state index in [-0.39, 0.29) is 5.78 Å². The van der Waals surface area contributed by atoms with E-state index < -0.39 is 10.9 Å². The van der Waals surface area contributed by atoms with Gasteiger partial charge in [-0.3, -0.25) is 4.79 Å². The monoisotopic (exact) mass is 342 g/mol. The molecule has 0 fully saturated rings. The molecule has 0 aliphatic heterocycles. The molecule has 7 heteroatoms. The van der Waals surface area contributed by atoms with Gasteiger partial charge in [-0.15, -0.1) is 0 Å². The molecule has 0 heterocycles. The number of hydrogen-bond donors (Lipinski definition) is 2. The minimum atomic E-state index is -1.36. The van der Waals surface area contributed by atoms with E-state index >= 15 is 0 Å². The summed E-state index contributed by atoms with van der Waals surface area (Å²) in [5.74, 6) is 0.0752. The van der Waals surface area contributed by atoms with Gasteiger partial charge in [0.2, 0.25) is 0 Å². The zero-order valence-electron chi connectivity index (χ0n) is 11.1. The second kappa shape index (κ2) is 11.3. The maximum Gasteiger partial charge on any atom is 0.401 e. The lowest BCUT2D eigenvalue weighted by molar-refractivity contribution is 0.103. The Bertz CT molecular complexity index is 538. The van der Waals surface area contributed by atoms with Crippen molar-refractivity contribution in [3.8, 4) is 0 Å². The lowest BCUT2D eigenvalue weighted by Gasteiger charge is -1.99. The fourth-order valence-corrected chi connectivity index (χ4v) is 1.35. The van der Waals surface area contributed by atoms with Crippen LogP contribution in [0.2, 0.25) is 0 Å². The molecule has 22 heavy (non-hydrogen) atoms. The first-order valence-electron chi connectivity index (χ1n) is 5.76. The summed E-state index contributed by atoms with van der Waals surface area (Å²) >= 11 is 8.38. The van der Waals surface area contributed by atoms with Crippen molar-refractivity contribution in [1.29, 1.82) is 0 Å². The van der Waals surface area contributed by atoms with Crippen molar-refractivity contribution in [3.63, 3.8) is 0 Å². The second-order valence-corrected chi connectivity index (χ2v) is 4.21. The Morgan fingerprint density at radius 2 is 0.864 bits per heavy atom. The first-order valence-corrected chi connectivity index (χ1v) is 6.51. The Morgan fingerprint density at radius 3 is 1.09 bits per heavy atom. The Labute approximate surface area is 136 Å². The van der Waals surface area contributed by atoms with Crippen molar-refractivity contribution in [2.75, 3.05) is 0 Å². The highest BCUT2D eigenvalue weighted by atomic mass is 35.5. The zero-order chi connectivity index (χ0) is 17.0. The van der Waals surface area contributed by atoms with Crippen LogP contribution in [0.25, 0.3) is 0 Å². The van der Waals surface area contributed by atoms with Crippen LogP contribution >= 0.6 is 23.2 Å². The van der Waals surface area contributed by atoms with Gasteiger partial charge in [0.05, 0.1) is 0 Å². The highest BCUT2D eigenvalue weighted by molar-refractivity contribution is 6.60. The second-order valence-electron chi connectivity index (χ2n) is 3.57. The Balaban J connectivity index is 0.000000464. The third-order valence-electron chi connectivity index (χ3n) is 2.07. The highest BCUT2D eigenvalue weighted by Gasteiger charge is 2.06. The topological polar surface area (TPSA) is 91.7 Å². The minimum Gasteiger partial charge on any atom is -0.469 e. The molecule has 116 valence electrons. The van der Waals surface area contributed by atoms with Crippen molar-refractivity contribution in [3.05, 3.63) is 71.8 Å². The van der Waals surface area contributed by atoms with Crippen LogP contribution in [0.1, 0.15) is 15.9 Å². The van der Waals surface area contributed by atoms with Gasteiger partial charge in [0.15, 0.2) is 5.78 Å². The molecule has 0 spiro atoms. The van der Waals surface area contributed by atoms with Gasteiger partial charge in [-0.1, -0.05) is 60.7 Å². The lowest BCUT2D eigenvalue weighted by Crippen LogP contribution is -1.99. The Kier molecular flexibility index (Phi) is 10.1. The first-order chi connectivity index (χ1) is 10.3. The molecule has 2 aromatic rings. The maximum absolute atomic E-state index is 11.8. The zero-order valence-corrected chi connectivity index (χ0v) is 12.7. The van der Waals surface area contributed by atoms with Gasteiger partial charge >= 0.3 is 10.9 Å². The predicted octanol–water partition coefficient (Wildman–Crippen LogP) is 4.72. The fraction of sp³-hybridized carbons (Fsp3) is 0. The molecule has 5 nitrogen and oxygen atoms in total. The Morgan fingerprint density at radius 1 is 0.636 bits per heavy atom. The van der Waals surface area contributed by atoms with Crippen LogP contribution in [-0.2, 0) is 0 Å². The minimum absolute atomic E-state index is 0.0752. The van der Waals surface area contributed by atoms with E-state index in [1.807, 2.05) is 60.7 Å². The summed E-state index contributed by atoms with van der Waals surface area (Å²) in [6, 6.07) is 18.6. The number of halogens is 2. The van der Waals surface area contributed by atoms with E-state index in [1.165, 1.54) is 0 Å². The largest absolute Gasteiger partial charge is 0.469 e. The summed E-state index contributed by atoms with van der Waals surface area (Å²) in [7, 11) is 0. The van der Waals surface area contributed by atoms with Gasteiger partial charge in [0.25, 0.3) is 0 Å². The van der Waals surface area contributed by atoms with Gasteiger partial charge in [-0.2, -0.15) is 0 Å². The Hall–Kier alpha value is -2.37. The molecule has 0 unspecified atom stereocenters. The molecular weight excluding hydrogens is 331 g/mol. The van der Waals surface area contributed by atoms with Crippen molar-refractivity contribution in [2.45, 2.75) is 0 Å². The number of ketones is 1. The quantitative estimate of drug-likeness (QED) is 0.608. The number of rotatable bonds is 2. The van der Waals surface area contributed by atoms with E-state index in [4.69, 9.17) is 19.8 Å². The number of carbonyl (C=O) groups excluding carboxylic acids is 1. The average molecular weight is 343 g/mol. The molecular formula is C15H12Cl2O5. The number of carbonyl (C=O) groups is 3. The van der Waals surface area contributed by atoms with Gasteiger partial charge in [-0.05, 0) is 0 Å². The number of benzene rings is 2. The summed E-state index contributed by atoms with van der Waals surface area (Å²) in [6.07, 6.45) is 0. The molecule has 0 saturated carbocycles. The smallest absolute Gasteiger partial charge is 0.401 e. The van der Waals surface area contributed by atoms with Crippen LogP contribution in [0.15, 0.2) is 60.7 Å². The molecule has 0 atom stereocenters. The summed E-state index contributed by atoms with van der Waals surface area (Å²) in [4.78, 5) is 29.4. The number of hydrogen-bond acceptors (Lipinski definition) is 3. The highest BCUT2D eigenvalue weighted by Crippen LogP contribution is 2.08. The van der Waals surface area contributed by atoms with E-state index in [2.05, 4.69) is 23.2 Å². The lowest BCUT2D eigenvalue weighted by atomic mass is 10.0. The van der Waals surface area contributed by atoms with Crippen molar-refractivity contribution in [1.82, 2.24) is 0 Å². The molecule has 2 N–H and O–H groups in total. The van der Waals surface area contributed by atoms with Crippen LogP contribution in [0, 0.1) is 0 Å². The fourth-order valence-electron chi connectivity index (χ4n) is 1.35. The van der Waals surface area contributed by atoms with E-state index in [1.54, 1.807) is 0 Å². The summed E-state index contributed by atoms with van der Waals surface area (Å²) < 4.78 is 0. The molecule has 0 aliphatic carbocycles. The van der Waals surface area contributed by atoms with Crippen LogP contribution in [0.4, 0.5) is 9.59 Å². The summed E-state index contributed by atoms with van der Waals surface area (Å²) in [6.45, 7) is 0. The normalized spacial score (nSPS) is 8.45. The standard InChI is InChI=1S/C13H10O.2CHClO2/c14-13(11-7-3-1-4-8-11)12-9-5-2-6-10-12;2*2-1(3)4/h1-10H;2*(H,3,4). The maximum atomic E-state index is 11.8. The summed E-state index contributed by atoms with van der Waals surface area (Å²) in [5.41, 5.74) is -1.25. The molecule has 0 aliphatic rings. The molecule has 2 rings (SSSR count). The van der Waals surface area contributed by atoms with E-state index in [0.717, 1.165) is 11.1 Å². The molecule has 0 bridgehead atoms. The van der Waals surface area contributed by atoms with Crippen LogP contribution < -0.4 is 0 Å². The predicted molar refractivity (Wildman–Crippen MR) is 84.1 cm³/mol. The number of carboxylic acid groups (broad SMARTS) is 2. The van der Waals surface area contributed by atoms with E-state index in [9.17, 15) is 4.79 Å². The van der Waals surface area contributed by atoms with Crippen LogP contribution in [0.3, 0.4) is 0 Å². The van der Waals surface area contributed by atoms with Gasteiger partial charge in [0.1, 0.15) is 0 Å². The first kappa shape index (κ1) is 19.6. The molecule has 0 saturated heterocycles. The van der Waals surface area contributed by atoms with Crippen LogP contribution in [-0.4, -0.2) is 26.9 Å². The third kappa shape index (κ3) is 10.4. The van der Waals surface area contributed by atoms with Crippen molar-refractivity contribution < 1.29 is 24.6 Å². The van der Waals surface area contributed by atoms with Crippen molar-refractivity contribution in [2.24, 2.45) is 0 Å².